The van der Waals surface area contributed by atoms with E-state index in [0.717, 1.165) is 0 Å². The third-order valence-corrected chi connectivity index (χ3v) is 2.49. The Morgan fingerprint density at radius 2 is 2.46 bits per heavy atom. The van der Waals surface area contributed by atoms with Gasteiger partial charge in [-0.1, -0.05) is 13.8 Å². The largest absolute Gasteiger partial charge is 0.461 e. The molecule has 0 bridgehead atoms. The van der Waals surface area contributed by atoms with Crippen LogP contribution in [0.5, 0.6) is 0 Å². The lowest BCUT2D eigenvalue weighted by Crippen LogP contribution is -2.19. The van der Waals surface area contributed by atoms with E-state index in [2.05, 4.69) is 0 Å². The van der Waals surface area contributed by atoms with Gasteiger partial charge < -0.3 is 9.47 Å². The lowest BCUT2D eigenvalue weighted by Gasteiger charge is -2.10. The molecule has 1 fully saturated rings. The summed E-state index contributed by atoms with van der Waals surface area (Å²) in [6.07, 6.45) is 0. The van der Waals surface area contributed by atoms with E-state index in [1.54, 1.807) is 13.8 Å². The number of carbonyl (C=O) groups excluding carboxylic acids is 2. The van der Waals surface area contributed by atoms with Gasteiger partial charge in [0.1, 0.15) is 6.61 Å². The summed E-state index contributed by atoms with van der Waals surface area (Å²) in [7, 11) is 0. The van der Waals surface area contributed by atoms with Gasteiger partial charge in [-0.2, -0.15) is 0 Å². The van der Waals surface area contributed by atoms with Crippen LogP contribution in [-0.4, -0.2) is 29.7 Å². The van der Waals surface area contributed by atoms with Crippen molar-refractivity contribution in [1.82, 2.24) is 0 Å². The van der Waals surface area contributed by atoms with E-state index in [-0.39, 0.29) is 29.9 Å². The normalized spacial score (nSPS) is 21.8. The summed E-state index contributed by atoms with van der Waals surface area (Å²) in [6, 6.07) is 0. The van der Waals surface area contributed by atoms with Gasteiger partial charge in [-0.05, 0) is 0 Å². The van der Waals surface area contributed by atoms with Crippen molar-refractivity contribution in [2.45, 2.75) is 19.3 Å². The number of rotatable bonds is 3. The van der Waals surface area contributed by atoms with Crippen molar-refractivity contribution >= 4 is 23.7 Å². The molecule has 74 valence electrons. The van der Waals surface area contributed by atoms with Gasteiger partial charge in [-0.25, -0.2) is 0 Å². The monoisotopic (exact) mass is 204 g/mol. The third-order valence-electron chi connectivity index (χ3n) is 1.48. The number of esters is 2. The van der Waals surface area contributed by atoms with Gasteiger partial charge in [0.2, 0.25) is 0 Å². The summed E-state index contributed by atoms with van der Waals surface area (Å²) in [5, 5.41) is 0. The molecule has 0 aromatic carbocycles. The van der Waals surface area contributed by atoms with E-state index < -0.39 is 0 Å². The first-order chi connectivity index (χ1) is 6.09. The number of carbonyl (C=O) groups is 2. The predicted octanol–water partition coefficient (Wildman–Crippen LogP) is 0.802. The number of hydrogen-bond donors (Lipinski definition) is 0. The molecular formula is C8H12O4S. The zero-order chi connectivity index (χ0) is 9.84. The highest BCUT2D eigenvalue weighted by molar-refractivity contribution is 8.00. The second kappa shape index (κ2) is 4.50. The van der Waals surface area contributed by atoms with Gasteiger partial charge >= 0.3 is 11.9 Å². The lowest BCUT2D eigenvalue weighted by molar-refractivity contribution is -0.153. The third kappa shape index (κ3) is 3.26. The maximum Gasteiger partial charge on any atom is 0.317 e. The molecule has 0 aromatic heterocycles. The van der Waals surface area contributed by atoms with Crippen LogP contribution in [0.4, 0.5) is 0 Å². The van der Waals surface area contributed by atoms with E-state index in [1.165, 1.54) is 11.8 Å². The summed E-state index contributed by atoms with van der Waals surface area (Å²) in [5.41, 5.74) is -0.310. The van der Waals surface area contributed by atoms with Crippen LogP contribution in [0.3, 0.4) is 0 Å². The maximum atomic E-state index is 11.0. The fourth-order valence-corrected chi connectivity index (χ4v) is 1.50. The molecule has 13 heavy (non-hydrogen) atoms. The highest BCUT2D eigenvalue weighted by Gasteiger charge is 2.25. The van der Waals surface area contributed by atoms with Crippen LogP contribution in [0.25, 0.3) is 0 Å². The molecule has 1 saturated heterocycles. The number of hydrogen-bond acceptors (Lipinski definition) is 5. The standard InChI is InChI=1S/C8H12O4S/c1-5(2)8(10)11-3-7-12-6(9)4-13-7/h5,7H,3-4H2,1-2H3. The number of ether oxygens (including phenoxy) is 2. The average molecular weight is 204 g/mol. The Hall–Kier alpha value is -0.710. The van der Waals surface area contributed by atoms with Gasteiger partial charge in [-0.15, -0.1) is 11.8 Å². The van der Waals surface area contributed by atoms with E-state index in [0.29, 0.717) is 5.75 Å². The van der Waals surface area contributed by atoms with Gasteiger partial charge in [0.15, 0.2) is 5.44 Å². The van der Waals surface area contributed by atoms with Crippen molar-refractivity contribution < 1.29 is 19.1 Å². The molecule has 0 amide bonds. The fourth-order valence-electron chi connectivity index (χ4n) is 0.775. The van der Waals surface area contributed by atoms with E-state index in [9.17, 15) is 9.59 Å². The highest BCUT2D eigenvalue weighted by Crippen LogP contribution is 2.21. The van der Waals surface area contributed by atoms with Crippen LogP contribution in [0.1, 0.15) is 13.8 Å². The molecule has 0 spiro atoms. The maximum absolute atomic E-state index is 11.0. The molecule has 0 N–H and O–H groups in total. The summed E-state index contributed by atoms with van der Waals surface area (Å²) in [5.74, 6) is -0.287. The summed E-state index contributed by atoms with van der Waals surface area (Å²) in [4.78, 5) is 21.7. The summed E-state index contributed by atoms with van der Waals surface area (Å²) < 4.78 is 9.74. The van der Waals surface area contributed by atoms with Gasteiger partial charge in [-0.3, -0.25) is 9.59 Å². The van der Waals surface area contributed by atoms with Crippen molar-refractivity contribution in [3.63, 3.8) is 0 Å². The van der Waals surface area contributed by atoms with Crippen molar-refractivity contribution in [3.8, 4) is 0 Å². The van der Waals surface area contributed by atoms with Crippen LogP contribution >= 0.6 is 11.8 Å². The molecule has 0 saturated carbocycles. The van der Waals surface area contributed by atoms with Crippen molar-refractivity contribution in [2.24, 2.45) is 5.92 Å². The van der Waals surface area contributed by atoms with Gasteiger partial charge in [0.25, 0.3) is 0 Å². The Morgan fingerprint density at radius 3 is 2.92 bits per heavy atom. The number of thioether (sulfide) groups is 1. The van der Waals surface area contributed by atoms with Crippen molar-refractivity contribution in [2.75, 3.05) is 12.4 Å². The Balaban J connectivity index is 2.19. The van der Waals surface area contributed by atoms with Crippen molar-refractivity contribution in [3.05, 3.63) is 0 Å². The van der Waals surface area contributed by atoms with Crippen LogP contribution < -0.4 is 0 Å². The smallest absolute Gasteiger partial charge is 0.317 e. The predicted molar refractivity (Wildman–Crippen MR) is 48.1 cm³/mol. The summed E-state index contributed by atoms with van der Waals surface area (Å²) in [6.45, 7) is 3.68. The minimum absolute atomic E-state index is 0.137. The quantitative estimate of drug-likeness (QED) is 0.636. The molecule has 0 radical (unpaired) electrons. The summed E-state index contributed by atoms with van der Waals surface area (Å²) >= 11 is 1.36. The minimum atomic E-state index is -0.310. The molecule has 1 heterocycles. The first-order valence-corrected chi connectivity index (χ1v) is 5.12. The molecule has 4 nitrogen and oxygen atoms in total. The first kappa shape index (κ1) is 10.4. The van der Waals surface area contributed by atoms with E-state index in [1.807, 2.05) is 0 Å². The van der Waals surface area contributed by atoms with Gasteiger partial charge in [0, 0.05) is 0 Å². The molecule has 1 rings (SSSR count). The molecule has 1 aliphatic heterocycles. The Kier molecular flexibility index (Phi) is 3.59. The Labute approximate surface area is 81.0 Å². The zero-order valence-corrected chi connectivity index (χ0v) is 8.43. The first-order valence-electron chi connectivity index (χ1n) is 4.07. The highest BCUT2D eigenvalue weighted by atomic mass is 32.2. The molecule has 0 aliphatic carbocycles. The molecule has 1 atom stereocenters. The molecule has 1 aliphatic rings. The number of cyclic esters (lactones) is 1. The molecular weight excluding hydrogens is 192 g/mol. The second-order valence-corrected chi connectivity index (χ2v) is 4.16. The van der Waals surface area contributed by atoms with Crippen LogP contribution in [-0.2, 0) is 19.1 Å². The van der Waals surface area contributed by atoms with Crippen molar-refractivity contribution in [1.29, 1.82) is 0 Å². The van der Waals surface area contributed by atoms with Crippen LogP contribution in [0.15, 0.2) is 0 Å². The second-order valence-electron chi connectivity index (χ2n) is 3.02. The van der Waals surface area contributed by atoms with E-state index >= 15 is 0 Å². The van der Waals surface area contributed by atoms with Crippen LogP contribution in [0.2, 0.25) is 0 Å². The fraction of sp³-hybridized carbons (Fsp3) is 0.750. The zero-order valence-electron chi connectivity index (χ0n) is 7.61. The van der Waals surface area contributed by atoms with E-state index in [4.69, 9.17) is 9.47 Å². The van der Waals surface area contributed by atoms with Crippen LogP contribution in [0, 0.1) is 5.92 Å². The molecule has 0 aromatic rings. The molecule has 1 unspecified atom stereocenters. The van der Waals surface area contributed by atoms with Gasteiger partial charge in [0.05, 0.1) is 11.7 Å². The molecule has 5 heteroatoms. The Bertz CT molecular complexity index is 214. The SMILES string of the molecule is CC(C)C(=O)OCC1OC(=O)CS1. The topological polar surface area (TPSA) is 52.6 Å². The minimum Gasteiger partial charge on any atom is -0.461 e. The average Bonchev–Trinajstić information content (AvgIpc) is 2.47. The Morgan fingerprint density at radius 1 is 1.77 bits per heavy atom. The lowest BCUT2D eigenvalue weighted by atomic mass is 10.2.